The van der Waals surface area contributed by atoms with E-state index in [2.05, 4.69) is 4.90 Å². The Bertz CT molecular complexity index is 688. The molecule has 2 fully saturated rings. The van der Waals surface area contributed by atoms with Gasteiger partial charge in [0, 0.05) is 24.6 Å². The van der Waals surface area contributed by atoms with Gasteiger partial charge in [-0.2, -0.15) is 11.8 Å². The van der Waals surface area contributed by atoms with Crippen LogP contribution in [0.5, 0.6) is 0 Å². The van der Waals surface area contributed by atoms with Crippen molar-refractivity contribution >= 4 is 29.7 Å². The summed E-state index contributed by atoms with van der Waals surface area (Å²) in [6, 6.07) is -0.104. The maximum absolute atomic E-state index is 12.8. The van der Waals surface area contributed by atoms with Crippen LogP contribution in [0.2, 0.25) is 0 Å². The minimum atomic E-state index is -0.857. The quantitative estimate of drug-likeness (QED) is 0.472. The van der Waals surface area contributed by atoms with E-state index in [-0.39, 0.29) is 18.0 Å². The highest BCUT2D eigenvalue weighted by atomic mass is 32.2. The monoisotopic (exact) mass is 457 g/mol. The number of carbonyl (C=O) groups excluding carboxylic acids is 3. The molecule has 31 heavy (non-hydrogen) atoms. The third kappa shape index (κ3) is 6.60. The number of piperidine rings is 1. The van der Waals surface area contributed by atoms with Gasteiger partial charge < -0.3 is 14.2 Å². The van der Waals surface area contributed by atoms with Gasteiger partial charge in [-0.15, -0.1) is 0 Å². The molecule has 2 rings (SSSR count). The largest absolute Gasteiger partial charge is 0.456 e. The van der Waals surface area contributed by atoms with Gasteiger partial charge in [0.15, 0.2) is 18.3 Å². The lowest BCUT2D eigenvalue weighted by atomic mass is 9.91. The number of fused-ring (bicyclic) bond motifs is 1. The van der Waals surface area contributed by atoms with Crippen molar-refractivity contribution in [3.63, 3.8) is 0 Å². The number of nitrogens with zero attached hydrogens (tertiary/aromatic N) is 1. The van der Waals surface area contributed by atoms with Crippen LogP contribution in [0.15, 0.2) is 0 Å². The lowest BCUT2D eigenvalue weighted by Gasteiger charge is -2.49. The molecule has 0 aromatic carbocycles. The second-order valence-corrected chi connectivity index (χ2v) is 12.7. The summed E-state index contributed by atoms with van der Waals surface area (Å²) in [5.74, 6) is 0.546. The molecule has 0 saturated carbocycles. The van der Waals surface area contributed by atoms with Gasteiger partial charge in [0.05, 0.1) is 22.3 Å². The lowest BCUT2D eigenvalue weighted by molar-refractivity contribution is -0.213. The third-order valence-corrected chi connectivity index (χ3v) is 6.39. The first-order valence-corrected chi connectivity index (χ1v) is 12.1. The summed E-state index contributed by atoms with van der Waals surface area (Å²) in [7, 11) is 0. The summed E-state index contributed by atoms with van der Waals surface area (Å²) < 4.78 is 17.8. The van der Waals surface area contributed by atoms with E-state index in [1.807, 2.05) is 0 Å². The van der Waals surface area contributed by atoms with Crippen molar-refractivity contribution in [1.29, 1.82) is 0 Å². The topological polar surface area (TPSA) is 82.1 Å². The Morgan fingerprint density at radius 2 is 1.19 bits per heavy atom. The highest BCUT2D eigenvalue weighted by molar-refractivity contribution is 7.99. The Labute approximate surface area is 190 Å². The summed E-state index contributed by atoms with van der Waals surface area (Å²) in [4.78, 5) is 40.6. The van der Waals surface area contributed by atoms with Gasteiger partial charge in [0.1, 0.15) is 0 Å². The molecule has 0 unspecified atom stereocenters. The Morgan fingerprint density at radius 3 is 1.68 bits per heavy atom. The number of rotatable bonds is 3. The van der Waals surface area contributed by atoms with E-state index in [0.717, 1.165) is 18.1 Å². The molecular weight excluding hydrogens is 418 g/mol. The van der Waals surface area contributed by atoms with Gasteiger partial charge in [0.25, 0.3) is 0 Å². The number of hydrogen-bond acceptors (Lipinski definition) is 8. The second kappa shape index (κ2) is 9.30. The van der Waals surface area contributed by atoms with Crippen molar-refractivity contribution in [3.8, 4) is 0 Å². The van der Waals surface area contributed by atoms with Crippen molar-refractivity contribution in [2.24, 2.45) is 16.2 Å². The van der Waals surface area contributed by atoms with Gasteiger partial charge in [0.2, 0.25) is 0 Å². The number of ether oxygens (including phenoxy) is 3. The first-order chi connectivity index (χ1) is 14.0. The highest BCUT2D eigenvalue weighted by Gasteiger charge is 2.52. The molecule has 7 nitrogen and oxygen atoms in total. The zero-order chi connectivity index (χ0) is 23.8. The molecule has 0 N–H and O–H groups in total. The summed E-state index contributed by atoms with van der Waals surface area (Å²) in [5, 5.41) is 0. The number of thioether (sulfide) groups is 1. The number of hydrogen-bond donors (Lipinski definition) is 0. The van der Waals surface area contributed by atoms with E-state index >= 15 is 0 Å². The highest BCUT2D eigenvalue weighted by Crippen LogP contribution is 2.34. The summed E-state index contributed by atoms with van der Waals surface area (Å²) >= 11 is 1.78. The van der Waals surface area contributed by atoms with Crippen molar-refractivity contribution in [2.45, 2.75) is 86.7 Å². The van der Waals surface area contributed by atoms with Gasteiger partial charge >= 0.3 is 17.9 Å². The molecule has 2 aliphatic heterocycles. The fourth-order valence-electron chi connectivity index (χ4n) is 3.26. The van der Waals surface area contributed by atoms with Crippen LogP contribution < -0.4 is 0 Å². The summed E-state index contributed by atoms with van der Waals surface area (Å²) in [5.41, 5.74) is -2.15. The zero-order valence-electron chi connectivity index (χ0n) is 20.4. The van der Waals surface area contributed by atoms with E-state index in [1.54, 1.807) is 74.1 Å². The van der Waals surface area contributed by atoms with Crippen LogP contribution in [-0.2, 0) is 28.6 Å². The Hall–Kier alpha value is -1.28. The zero-order valence-corrected chi connectivity index (χ0v) is 21.3. The van der Waals surface area contributed by atoms with Gasteiger partial charge in [-0.1, -0.05) is 0 Å². The van der Waals surface area contributed by atoms with Crippen LogP contribution in [0.4, 0.5) is 0 Å². The van der Waals surface area contributed by atoms with Gasteiger partial charge in [-0.3, -0.25) is 19.3 Å². The molecule has 0 aliphatic carbocycles. The van der Waals surface area contributed by atoms with E-state index < -0.39 is 40.5 Å². The third-order valence-electron chi connectivity index (χ3n) is 5.35. The molecule has 8 heteroatoms. The Balaban J connectivity index is 2.42. The molecule has 0 aromatic rings. The minimum absolute atomic E-state index is 0.104. The number of esters is 3. The van der Waals surface area contributed by atoms with Crippen LogP contribution in [0.1, 0.15) is 62.3 Å². The van der Waals surface area contributed by atoms with Gasteiger partial charge in [-0.25, -0.2) is 0 Å². The minimum Gasteiger partial charge on any atom is -0.456 e. The second-order valence-electron chi connectivity index (χ2n) is 11.6. The molecule has 178 valence electrons. The summed E-state index contributed by atoms with van der Waals surface area (Å²) in [6.07, 6.45) is -2.28. The average Bonchev–Trinajstić information content (AvgIpc) is 2.61. The standard InChI is InChI=1S/C23H39NO6S/c1-21(2,3)18(25)28-15-12-24-10-11-31-13-14(24)16(29-19(26)22(4,5)6)17(15)30-20(27)23(7,8)9/h14-17H,10-13H2,1-9H3/t14-,15+,16+,17-/m1/s1. The van der Waals surface area contributed by atoms with Crippen LogP contribution in [0.3, 0.4) is 0 Å². The van der Waals surface area contributed by atoms with E-state index in [9.17, 15) is 14.4 Å². The molecule has 2 heterocycles. The van der Waals surface area contributed by atoms with Crippen LogP contribution in [0.25, 0.3) is 0 Å². The molecule has 4 atom stereocenters. The predicted molar refractivity (Wildman–Crippen MR) is 121 cm³/mol. The Kier molecular flexibility index (Phi) is 7.79. The number of carbonyl (C=O) groups is 3. The molecule has 0 amide bonds. The maximum atomic E-state index is 12.8. The van der Waals surface area contributed by atoms with Crippen LogP contribution in [0, 0.1) is 16.2 Å². The molecule has 0 radical (unpaired) electrons. The predicted octanol–water partition coefficient (Wildman–Crippen LogP) is 3.29. The van der Waals surface area contributed by atoms with Crippen LogP contribution >= 0.6 is 11.8 Å². The van der Waals surface area contributed by atoms with E-state index in [0.29, 0.717) is 6.54 Å². The molecule has 0 bridgehead atoms. The van der Waals surface area contributed by atoms with E-state index in [4.69, 9.17) is 14.2 Å². The Morgan fingerprint density at radius 1 is 0.742 bits per heavy atom. The van der Waals surface area contributed by atoms with Gasteiger partial charge in [-0.05, 0) is 62.3 Å². The first-order valence-electron chi connectivity index (χ1n) is 11.0. The molecule has 2 aliphatic rings. The molecule has 2 saturated heterocycles. The smallest absolute Gasteiger partial charge is 0.311 e. The van der Waals surface area contributed by atoms with Crippen LogP contribution in [-0.4, -0.2) is 71.8 Å². The molecule has 0 spiro atoms. The SMILES string of the molecule is CC(C)(C)C(=O)O[C@@H]1[C@H](OC(=O)C(C)(C)C)[C@@H](OC(=O)C(C)(C)C)CN2CCSC[C@H]12. The fraction of sp³-hybridized carbons (Fsp3) is 0.870. The van der Waals surface area contributed by atoms with E-state index in [1.165, 1.54) is 0 Å². The van der Waals surface area contributed by atoms with Crippen molar-refractivity contribution in [3.05, 3.63) is 0 Å². The first kappa shape index (κ1) is 26.0. The fourth-order valence-corrected chi connectivity index (χ4v) is 4.43. The average molecular weight is 458 g/mol. The lowest BCUT2D eigenvalue weighted by Crippen LogP contribution is -2.67. The molecular formula is C23H39NO6S. The summed E-state index contributed by atoms with van der Waals surface area (Å²) in [6.45, 7) is 17.3. The van der Waals surface area contributed by atoms with Crippen molar-refractivity contribution in [2.75, 3.05) is 24.6 Å². The van der Waals surface area contributed by atoms with Crippen molar-refractivity contribution < 1.29 is 28.6 Å². The maximum Gasteiger partial charge on any atom is 0.311 e. The molecule has 0 aromatic heterocycles. The normalized spacial score (nSPS) is 27.8. The van der Waals surface area contributed by atoms with Crippen molar-refractivity contribution in [1.82, 2.24) is 4.90 Å².